The van der Waals surface area contributed by atoms with E-state index >= 15 is 0 Å². The summed E-state index contributed by atoms with van der Waals surface area (Å²) < 4.78 is 28.0. The Morgan fingerprint density at radius 3 is 2.47 bits per heavy atom. The second-order valence-electron chi connectivity index (χ2n) is 4.86. The molecule has 0 heterocycles. The highest BCUT2D eigenvalue weighted by Gasteiger charge is 2.18. The van der Waals surface area contributed by atoms with Gasteiger partial charge in [0.2, 0.25) is 0 Å². The molecule has 4 nitrogen and oxygen atoms in total. The SMILES string of the molecule is CCC(NC(C)CS(C)(=O)=O)c1ccccc1OC. The summed E-state index contributed by atoms with van der Waals surface area (Å²) in [5.74, 6) is 0.965. The first-order valence-electron chi connectivity index (χ1n) is 6.44. The van der Waals surface area contributed by atoms with E-state index in [-0.39, 0.29) is 17.8 Å². The topological polar surface area (TPSA) is 55.4 Å². The van der Waals surface area contributed by atoms with Crippen molar-refractivity contribution in [3.8, 4) is 5.75 Å². The van der Waals surface area contributed by atoms with E-state index in [0.29, 0.717) is 0 Å². The predicted octanol–water partition coefficient (Wildman–Crippen LogP) is 2.17. The summed E-state index contributed by atoms with van der Waals surface area (Å²) in [6, 6.07) is 7.81. The second kappa shape index (κ2) is 6.91. The molecule has 2 atom stereocenters. The van der Waals surface area contributed by atoms with Gasteiger partial charge in [-0.1, -0.05) is 25.1 Å². The third kappa shape index (κ3) is 5.20. The minimum absolute atomic E-state index is 0.0906. The minimum Gasteiger partial charge on any atom is -0.496 e. The average molecular weight is 285 g/mol. The zero-order valence-electron chi connectivity index (χ0n) is 12.0. The number of rotatable bonds is 7. The summed E-state index contributed by atoms with van der Waals surface area (Å²) in [5.41, 5.74) is 1.06. The first-order valence-corrected chi connectivity index (χ1v) is 8.50. The zero-order valence-corrected chi connectivity index (χ0v) is 12.8. The third-order valence-electron chi connectivity index (χ3n) is 2.96. The normalized spacial score (nSPS) is 14.9. The Morgan fingerprint density at radius 2 is 1.95 bits per heavy atom. The molecule has 0 aromatic heterocycles. The van der Waals surface area contributed by atoms with Gasteiger partial charge in [-0.3, -0.25) is 0 Å². The Kier molecular flexibility index (Phi) is 5.82. The summed E-state index contributed by atoms with van der Waals surface area (Å²) in [6.45, 7) is 3.95. The molecule has 108 valence electrons. The van der Waals surface area contributed by atoms with Gasteiger partial charge in [-0.05, 0) is 19.4 Å². The Hall–Kier alpha value is -1.07. The van der Waals surface area contributed by atoms with Crippen LogP contribution in [0, 0.1) is 0 Å². The van der Waals surface area contributed by atoms with E-state index < -0.39 is 9.84 Å². The number of para-hydroxylation sites is 1. The van der Waals surface area contributed by atoms with Crippen molar-refractivity contribution in [2.75, 3.05) is 19.1 Å². The maximum Gasteiger partial charge on any atom is 0.148 e. The van der Waals surface area contributed by atoms with Gasteiger partial charge in [0.05, 0.1) is 12.9 Å². The molecule has 0 fully saturated rings. The molecule has 0 spiro atoms. The molecule has 0 saturated carbocycles. The van der Waals surface area contributed by atoms with Crippen molar-refractivity contribution in [1.82, 2.24) is 5.32 Å². The summed E-state index contributed by atoms with van der Waals surface area (Å²) >= 11 is 0. The van der Waals surface area contributed by atoms with Crippen molar-refractivity contribution in [3.05, 3.63) is 29.8 Å². The molecule has 1 rings (SSSR count). The van der Waals surface area contributed by atoms with Gasteiger partial charge in [0.25, 0.3) is 0 Å². The van der Waals surface area contributed by atoms with Crippen LogP contribution in [0.25, 0.3) is 0 Å². The molecule has 2 unspecified atom stereocenters. The molecule has 5 heteroatoms. The molecule has 0 aliphatic heterocycles. The van der Waals surface area contributed by atoms with E-state index in [4.69, 9.17) is 4.74 Å². The fourth-order valence-electron chi connectivity index (χ4n) is 2.23. The number of ether oxygens (including phenoxy) is 1. The molecule has 0 saturated heterocycles. The number of hydrogen-bond donors (Lipinski definition) is 1. The molecule has 0 bridgehead atoms. The molecule has 0 radical (unpaired) electrons. The van der Waals surface area contributed by atoms with Crippen LogP contribution in [0.15, 0.2) is 24.3 Å². The summed E-state index contributed by atoms with van der Waals surface area (Å²) in [5, 5.41) is 3.36. The fraction of sp³-hybridized carbons (Fsp3) is 0.571. The Balaban J connectivity index is 2.83. The third-order valence-corrected chi connectivity index (χ3v) is 4.07. The maximum atomic E-state index is 11.3. The number of nitrogens with one attached hydrogen (secondary N) is 1. The van der Waals surface area contributed by atoms with Gasteiger partial charge in [0.15, 0.2) is 0 Å². The molecule has 0 amide bonds. The molecule has 19 heavy (non-hydrogen) atoms. The Bertz CT molecular complexity index is 499. The number of hydrogen-bond acceptors (Lipinski definition) is 4. The fourth-order valence-corrected chi connectivity index (χ4v) is 3.23. The molecule has 0 aliphatic carbocycles. The van der Waals surface area contributed by atoms with E-state index in [1.807, 2.05) is 31.2 Å². The van der Waals surface area contributed by atoms with Crippen LogP contribution in [0.3, 0.4) is 0 Å². The largest absolute Gasteiger partial charge is 0.496 e. The van der Waals surface area contributed by atoms with E-state index in [2.05, 4.69) is 12.2 Å². The maximum absolute atomic E-state index is 11.3. The van der Waals surface area contributed by atoms with Crippen LogP contribution in [-0.2, 0) is 9.84 Å². The zero-order chi connectivity index (χ0) is 14.5. The molecule has 1 N–H and O–H groups in total. The van der Waals surface area contributed by atoms with Gasteiger partial charge in [-0.25, -0.2) is 8.42 Å². The number of sulfone groups is 1. The van der Waals surface area contributed by atoms with Crippen LogP contribution >= 0.6 is 0 Å². The van der Waals surface area contributed by atoms with Gasteiger partial charge >= 0.3 is 0 Å². The lowest BCUT2D eigenvalue weighted by Gasteiger charge is -2.23. The summed E-state index contributed by atoms with van der Waals surface area (Å²) in [7, 11) is -1.32. The predicted molar refractivity (Wildman–Crippen MR) is 78.3 cm³/mol. The molecular formula is C14H23NO3S. The number of methoxy groups -OCH3 is 1. The van der Waals surface area contributed by atoms with Gasteiger partial charge in [0.1, 0.15) is 15.6 Å². The second-order valence-corrected chi connectivity index (χ2v) is 7.05. The first kappa shape index (κ1) is 16.0. The highest BCUT2D eigenvalue weighted by Crippen LogP contribution is 2.27. The van der Waals surface area contributed by atoms with Crippen molar-refractivity contribution in [2.45, 2.75) is 32.4 Å². The van der Waals surface area contributed by atoms with Crippen molar-refractivity contribution in [2.24, 2.45) is 0 Å². The minimum atomic E-state index is -2.97. The summed E-state index contributed by atoms with van der Waals surface area (Å²) in [6.07, 6.45) is 2.13. The van der Waals surface area contributed by atoms with E-state index in [9.17, 15) is 8.42 Å². The molecule has 1 aromatic carbocycles. The van der Waals surface area contributed by atoms with Crippen molar-refractivity contribution in [3.63, 3.8) is 0 Å². The first-order chi connectivity index (χ1) is 8.87. The van der Waals surface area contributed by atoms with Crippen LogP contribution in [0.2, 0.25) is 0 Å². The highest BCUT2D eigenvalue weighted by atomic mass is 32.2. The quantitative estimate of drug-likeness (QED) is 0.834. The van der Waals surface area contributed by atoms with Crippen molar-refractivity contribution < 1.29 is 13.2 Å². The van der Waals surface area contributed by atoms with Crippen LogP contribution in [-0.4, -0.2) is 33.6 Å². The van der Waals surface area contributed by atoms with E-state index in [1.165, 1.54) is 6.26 Å². The van der Waals surface area contributed by atoms with Gasteiger partial charge < -0.3 is 10.1 Å². The highest BCUT2D eigenvalue weighted by molar-refractivity contribution is 7.90. The molecule has 0 aliphatic rings. The lowest BCUT2D eigenvalue weighted by atomic mass is 10.0. The average Bonchev–Trinajstić information content (AvgIpc) is 2.33. The van der Waals surface area contributed by atoms with Crippen LogP contribution < -0.4 is 10.1 Å². The van der Waals surface area contributed by atoms with Gasteiger partial charge in [0, 0.05) is 23.9 Å². The van der Waals surface area contributed by atoms with Crippen molar-refractivity contribution >= 4 is 9.84 Å². The van der Waals surface area contributed by atoms with Crippen LogP contribution in [0.4, 0.5) is 0 Å². The van der Waals surface area contributed by atoms with E-state index in [1.54, 1.807) is 7.11 Å². The summed E-state index contributed by atoms with van der Waals surface area (Å²) in [4.78, 5) is 0. The monoisotopic (exact) mass is 285 g/mol. The van der Waals surface area contributed by atoms with Crippen molar-refractivity contribution in [1.29, 1.82) is 0 Å². The number of benzene rings is 1. The smallest absolute Gasteiger partial charge is 0.148 e. The lowest BCUT2D eigenvalue weighted by Crippen LogP contribution is -2.35. The van der Waals surface area contributed by atoms with Crippen LogP contribution in [0.5, 0.6) is 5.75 Å². The molecule has 1 aromatic rings. The van der Waals surface area contributed by atoms with Gasteiger partial charge in [-0.2, -0.15) is 0 Å². The Labute approximate surface area is 116 Å². The Morgan fingerprint density at radius 1 is 1.32 bits per heavy atom. The van der Waals surface area contributed by atoms with Gasteiger partial charge in [-0.15, -0.1) is 0 Å². The van der Waals surface area contributed by atoms with E-state index in [0.717, 1.165) is 17.7 Å². The lowest BCUT2D eigenvalue weighted by molar-refractivity contribution is 0.390. The molecular weight excluding hydrogens is 262 g/mol. The van der Waals surface area contributed by atoms with Crippen LogP contribution in [0.1, 0.15) is 31.9 Å². The standard InChI is InChI=1S/C14H23NO3S/c1-5-13(15-11(2)10-19(4,16)17)12-8-6-7-9-14(12)18-3/h6-9,11,13,15H,5,10H2,1-4H3.